The molecule has 1 N–H and O–H groups in total. The van der Waals surface area contributed by atoms with E-state index in [2.05, 4.69) is 0 Å². The maximum atomic E-state index is 14.5. The molecule has 0 aliphatic rings. The average Bonchev–Trinajstić information content (AvgIpc) is 2.41. The van der Waals surface area contributed by atoms with Crippen LogP contribution in [0.3, 0.4) is 0 Å². The van der Waals surface area contributed by atoms with Gasteiger partial charge in [0.05, 0.1) is 16.4 Å². The first kappa shape index (κ1) is 22.4. The van der Waals surface area contributed by atoms with Gasteiger partial charge in [-0.05, 0) is 24.5 Å². The number of halogens is 7. The Morgan fingerprint density at radius 2 is 1.54 bits per heavy atom. The largest absolute Gasteiger partial charge is 0.478 e. The summed E-state index contributed by atoms with van der Waals surface area (Å²) in [4.78, 5) is 10.0. The van der Waals surface area contributed by atoms with Crippen molar-refractivity contribution in [1.82, 2.24) is 0 Å². The number of benzene rings is 1. The summed E-state index contributed by atoms with van der Waals surface area (Å²) in [6.07, 6.45) is -12.8. The standard InChI is InChI=1S/C15H15F7O3S/c1-7(2)6-26(25)11-8(3)9(12(23)24)4-5-10(11)13(16,14(17,18)19)15(20,21)22/h4-5,7H,6H2,1-3H3,(H,23,24)/t26-/m1/s1. The number of carbonyl (C=O) groups is 1. The Balaban J connectivity index is 3.94. The van der Waals surface area contributed by atoms with E-state index in [1.165, 1.54) is 13.8 Å². The van der Waals surface area contributed by atoms with Crippen molar-refractivity contribution in [1.29, 1.82) is 0 Å². The minimum absolute atomic E-state index is 0.0883. The van der Waals surface area contributed by atoms with E-state index >= 15 is 0 Å². The molecule has 0 radical (unpaired) electrons. The summed E-state index contributed by atoms with van der Waals surface area (Å²) in [5.74, 6) is -2.44. The van der Waals surface area contributed by atoms with Crippen LogP contribution in [0.15, 0.2) is 17.0 Å². The van der Waals surface area contributed by atoms with Gasteiger partial charge in [-0.15, -0.1) is 0 Å². The van der Waals surface area contributed by atoms with Crippen molar-refractivity contribution < 1.29 is 44.8 Å². The molecule has 1 aromatic rings. The van der Waals surface area contributed by atoms with Crippen LogP contribution in [-0.4, -0.2) is 33.4 Å². The molecule has 1 rings (SSSR count). The highest BCUT2D eigenvalue weighted by molar-refractivity contribution is 7.85. The number of hydrogen-bond donors (Lipinski definition) is 1. The van der Waals surface area contributed by atoms with Crippen molar-refractivity contribution in [2.75, 3.05) is 5.75 Å². The number of hydrogen-bond acceptors (Lipinski definition) is 2. The van der Waals surface area contributed by atoms with E-state index < -0.39 is 62.3 Å². The van der Waals surface area contributed by atoms with Gasteiger partial charge >= 0.3 is 24.0 Å². The number of alkyl halides is 7. The Morgan fingerprint density at radius 3 is 1.88 bits per heavy atom. The van der Waals surface area contributed by atoms with Crippen molar-refractivity contribution in [2.24, 2.45) is 5.92 Å². The number of aromatic carboxylic acids is 1. The zero-order chi connectivity index (χ0) is 20.7. The highest BCUT2D eigenvalue weighted by atomic mass is 32.2. The first-order chi connectivity index (χ1) is 11.6. The first-order valence-electron chi connectivity index (χ1n) is 7.13. The van der Waals surface area contributed by atoms with Gasteiger partial charge < -0.3 is 5.11 Å². The zero-order valence-corrected chi connectivity index (χ0v) is 14.6. The van der Waals surface area contributed by atoms with Crippen LogP contribution in [0.25, 0.3) is 0 Å². The second kappa shape index (κ2) is 7.16. The Kier molecular flexibility index (Phi) is 6.17. The first-order valence-corrected chi connectivity index (χ1v) is 8.45. The number of carboxylic acids is 1. The van der Waals surface area contributed by atoms with Crippen LogP contribution < -0.4 is 0 Å². The molecule has 26 heavy (non-hydrogen) atoms. The maximum absolute atomic E-state index is 14.5. The molecule has 0 saturated carbocycles. The van der Waals surface area contributed by atoms with Crippen molar-refractivity contribution >= 4 is 16.8 Å². The molecule has 0 heterocycles. The average molecular weight is 408 g/mol. The monoisotopic (exact) mass is 408 g/mol. The molecule has 1 atom stereocenters. The van der Waals surface area contributed by atoms with E-state index in [0.717, 1.165) is 6.92 Å². The fourth-order valence-electron chi connectivity index (χ4n) is 2.34. The fraction of sp³-hybridized carbons (Fsp3) is 0.533. The smallest absolute Gasteiger partial charge is 0.435 e. The molecule has 11 heteroatoms. The van der Waals surface area contributed by atoms with Crippen LogP contribution in [0.1, 0.15) is 35.3 Å². The third-order valence-corrected chi connectivity index (χ3v) is 5.45. The van der Waals surface area contributed by atoms with Gasteiger partial charge in [-0.1, -0.05) is 19.9 Å². The van der Waals surface area contributed by atoms with Gasteiger partial charge in [0, 0.05) is 16.2 Å². The topological polar surface area (TPSA) is 54.4 Å². The number of carboxylic acid groups (broad SMARTS) is 1. The maximum Gasteiger partial charge on any atom is 0.435 e. The summed E-state index contributed by atoms with van der Waals surface area (Å²) >= 11 is 0. The lowest BCUT2D eigenvalue weighted by Gasteiger charge is -2.32. The van der Waals surface area contributed by atoms with E-state index in [0.29, 0.717) is 6.07 Å². The molecule has 0 aliphatic carbocycles. The van der Waals surface area contributed by atoms with Crippen LogP contribution in [-0.2, 0) is 16.5 Å². The molecule has 0 aliphatic heterocycles. The van der Waals surface area contributed by atoms with Gasteiger partial charge in [0.15, 0.2) is 0 Å². The van der Waals surface area contributed by atoms with Crippen LogP contribution in [0.4, 0.5) is 30.7 Å². The van der Waals surface area contributed by atoms with E-state index in [9.17, 15) is 39.7 Å². The fourth-order valence-corrected chi connectivity index (χ4v) is 4.02. The normalized spacial score (nSPS) is 14.6. The van der Waals surface area contributed by atoms with Crippen LogP contribution >= 0.6 is 0 Å². The SMILES string of the molecule is Cc1c(C(=O)O)ccc(C(F)(C(F)(F)F)C(F)(F)F)c1[S@](=O)CC(C)C. The summed E-state index contributed by atoms with van der Waals surface area (Å²) < 4.78 is 105. The lowest BCUT2D eigenvalue weighted by molar-refractivity contribution is -0.349. The molecule has 0 unspecified atom stereocenters. The molecule has 0 saturated heterocycles. The molecule has 3 nitrogen and oxygen atoms in total. The predicted octanol–water partition coefficient (Wildman–Crippen LogP) is 4.75. The van der Waals surface area contributed by atoms with E-state index in [1.807, 2.05) is 0 Å². The van der Waals surface area contributed by atoms with Crippen LogP contribution in [0.2, 0.25) is 0 Å². The lowest BCUT2D eigenvalue weighted by Crippen LogP contribution is -2.51. The zero-order valence-electron chi connectivity index (χ0n) is 13.8. The Bertz CT molecular complexity index is 709. The Labute approximate surface area is 146 Å². The quantitative estimate of drug-likeness (QED) is 0.716. The molecule has 0 spiro atoms. The van der Waals surface area contributed by atoms with Gasteiger partial charge in [0.2, 0.25) is 0 Å². The molecule has 1 aromatic carbocycles. The molecule has 0 aromatic heterocycles. The van der Waals surface area contributed by atoms with Gasteiger partial charge in [-0.2, -0.15) is 26.3 Å². The summed E-state index contributed by atoms with van der Waals surface area (Å²) in [5.41, 5.74) is -8.96. The molecular formula is C15H15F7O3S. The van der Waals surface area contributed by atoms with Crippen molar-refractivity contribution in [3.05, 3.63) is 28.8 Å². The summed E-state index contributed by atoms with van der Waals surface area (Å²) in [5, 5.41) is 9.03. The molecular weight excluding hydrogens is 393 g/mol. The summed E-state index contributed by atoms with van der Waals surface area (Å²) in [6.45, 7) is 3.90. The van der Waals surface area contributed by atoms with Gasteiger partial charge in [-0.25, -0.2) is 9.18 Å². The second-order valence-corrected chi connectivity index (χ2v) is 7.41. The van der Waals surface area contributed by atoms with E-state index in [1.54, 1.807) is 0 Å². The summed E-state index contributed by atoms with van der Waals surface area (Å²) in [7, 11) is -2.48. The van der Waals surface area contributed by atoms with E-state index in [-0.39, 0.29) is 11.8 Å². The third kappa shape index (κ3) is 3.86. The highest BCUT2D eigenvalue weighted by Crippen LogP contribution is 2.55. The Morgan fingerprint density at radius 1 is 1.08 bits per heavy atom. The minimum atomic E-state index is -6.39. The molecule has 148 valence electrons. The lowest BCUT2D eigenvalue weighted by atomic mass is 9.91. The van der Waals surface area contributed by atoms with Gasteiger partial charge in [0.25, 0.3) is 0 Å². The number of rotatable bonds is 5. The second-order valence-electron chi connectivity index (χ2n) is 5.98. The highest BCUT2D eigenvalue weighted by Gasteiger charge is 2.74. The Hall–Kier alpha value is -1.65. The van der Waals surface area contributed by atoms with Crippen molar-refractivity contribution in [2.45, 2.75) is 43.7 Å². The molecule has 0 bridgehead atoms. The van der Waals surface area contributed by atoms with Gasteiger partial charge in [-0.3, -0.25) is 4.21 Å². The molecule has 0 fully saturated rings. The third-order valence-electron chi connectivity index (χ3n) is 3.50. The summed E-state index contributed by atoms with van der Waals surface area (Å²) in [6, 6.07) is 0.528. The van der Waals surface area contributed by atoms with Crippen LogP contribution in [0, 0.1) is 12.8 Å². The van der Waals surface area contributed by atoms with Crippen molar-refractivity contribution in [3.8, 4) is 0 Å². The van der Waals surface area contributed by atoms with E-state index in [4.69, 9.17) is 5.11 Å². The minimum Gasteiger partial charge on any atom is -0.478 e. The van der Waals surface area contributed by atoms with Gasteiger partial charge in [0.1, 0.15) is 0 Å². The van der Waals surface area contributed by atoms with Crippen molar-refractivity contribution in [3.63, 3.8) is 0 Å². The molecule has 0 amide bonds. The predicted molar refractivity (Wildman–Crippen MR) is 79.1 cm³/mol. The van der Waals surface area contributed by atoms with Crippen LogP contribution in [0.5, 0.6) is 0 Å².